The zero-order valence-electron chi connectivity index (χ0n) is 13.5. The van der Waals surface area contributed by atoms with Gasteiger partial charge < -0.3 is 0 Å². The normalized spacial score (nSPS) is 22.9. The Morgan fingerprint density at radius 1 is 1.08 bits per heavy atom. The lowest BCUT2D eigenvalue weighted by Crippen LogP contribution is -2.37. The molecule has 0 radical (unpaired) electrons. The Kier molecular flexibility index (Phi) is 3.92. The maximum atomic E-state index is 14.5. The van der Waals surface area contributed by atoms with E-state index in [4.69, 9.17) is 5.26 Å². The van der Waals surface area contributed by atoms with Crippen LogP contribution in [0.15, 0.2) is 54.6 Å². The van der Waals surface area contributed by atoms with E-state index in [1.54, 1.807) is 18.2 Å². The minimum absolute atomic E-state index is 0.132. The largest absolute Gasteiger partial charge is 0.289 e. The highest BCUT2D eigenvalue weighted by Gasteiger charge is 2.37. The third-order valence-corrected chi connectivity index (χ3v) is 5.21. The Bertz CT molecular complexity index is 819. The quantitative estimate of drug-likeness (QED) is 0.832. The lowest BCUT2D eigenvalue weighted by Gasteiger charge is -2.34. The fourth-order valence-corrected chi connectivity index (χ4v) is 4.02. The Morgan fingerprint density at radius 2 is 1.92 bits per heavy atom. The van der Waals surface area contributed by atoms with Gasteiger partial charge in [0.25, 0.3) is 0 Å². The van der Waals surface area contributed by atoms with Gasteiger partial charge in [-0.1, -0.05) is 48.5 Å². The van der Waals surface area contributed by atoms with Crippen LogP contribution >= 0.6 is 0 Å². The van der Waals surface area contributed by atoms with E-state index in [9.17, 15) is 4.39 Å². The van der Waals surface area contributed by atoms with Crippen LogP contribution in [0.25, 0.3) is 5.57 Å². The number of hydrogen-bond donors (Lipinski definition) is 0. The third kappa shape index (κ3) is 2.64. The highest BCUT2D eigenvalue weighted by molar-refractivity contribution is 5.69. The fraction of sp³-hybridized carbons (Fsp3) is 0.286. The molecule has 3 heteroatoms. The Labute approximate surface area is 141 Å². The van der Waals surface area contributed by atoms with E-state index in [0.717, 1.165) is 31.4 Å². The van der Waals surface area contributed by atoms with Gasteiger partial charge in [-0.2, -0.15) is 5.26 Å². The highest BCUT2D eigenvalue weighted by atomic mass is 19.1. The van der Waals surface area contributed by atoms with Crippen molar-refractivity contribution in [3.05, 3.63) is 77.1 Å². The second kappa shape index (κ2) is 6.22. The summed E-state index contributed by atoms with van der Waals surface area (Å²) in [6, 6.07) is 18.4. The van der Waals surface area contributed by atoms with Crippen molar-refractivity contribution in [3.8, 4) is 6.07 Å². The van der Waals surface area contributed by atoms with Crippen molar-refractivity contribution in [2.24, 2.45) is 0 Å². The van der Waals surface area contributed by atoms with Crippen LogP contribution in [0.1, 0.15) is 36.0 Å². The number of benzene rings is 2. The Balaban J connectivity index is 1.62. The van der Waals surface area contributed by atoms with Gasteiger partial charge in [-0.05, 0) is 36.5 Å². The van der Waals surface area contributed by atoms with Crippen LogP contribution in [0.5, 0.6) is 0 Å². The molecule has 0 N–H and O–H groups in total. The molecular weight excluding hydrogens is 299 g/mol. The number of fused-ring (bicyclic) bond motifs is 2. The van der Waals surface area contributed by atoms with E-state index in [1.807, 2.05) is 12.1 Å². The number of nitriles is 1. The zero-order valence-corrected chi connectivity index (χ0v) is 13.5. The van der Waals surface area contributed by atoms with Gasteiger partial charge in [-0.25, -0.2) is 4.39 Å². The van der Waals surface area contributed by atoms with E-state index in [-0.39, 0.29) is 11.4 Å². The monoisotopic (exact) mass is 318 g/mol. The van der Waals surface area contributed by atoms with Crippen molar-refractivity contribution in [2.75, 3.05) is 0 Å². The van der Waals surface area contributed by atoms with E-state index in [2.05, 4.69) is 35.2 Å². The summed E-state index contributed by atoms with van der Waals surface area (Å²) in [6.07, 6.45) is 5.35. The summed E-state index contributed by atoms with van der Waals surface area (Å²) in [6.45, 7) is 0.945. The molecule has 2 unspecified atom stereocenters. The molecule has 4 rings (SSSR count). The van der Waals surface area contributed by atoms with Crippen molar-refractivity contribution in [1.29, 1.82) is 5.26 Å². The first-order chi connectivity index (χ1) is 11.8. The first-order valence-electron chi connectivity index (χ1n) is 8.45. The summed E-state index contributed by atoms with van der Waals surface area (Å²) in [5.41, 5.74) is 3.11. The number of hydrogen-bond acceptors (Lipinski definition) is 2. The molecular formula is C21H19FN2. The molecule has 1 saturated heterocycles. The Morgan fingerprint density at radius 3 is 2.67 bits per heavy atom. The predicted molar refractivity (Wildman–Crippen MR) is 92.5 cm³/mol. The van der Waals surface area contributed by atoms with Crippen molar-refractivity contribution >= 4 is 5.57 Å². The van der Waals surface area contributed by atoms with Gasteiger partial charge in [0.05, 0.1) is 5.56 Å². The number of halogens is 1. The zero-order chi connectivity index (χ0) is 16.5. The average molecular weight is 318 g/mol. The van der Waals surface area contributed by atoms with Crippen LogP contribution in [0.2, 0.25) is 0 Å². The Hall–Kier alpha value is -2.44. The maximum absolute atomic E-state index is 14.5. The molecule has 2 aromatic carbocycles. The number of nitrogens with zero attached hydrogens (tertiary/aromatic N) is 2. The van der Waals surface area contributed by atoms with Gasteiger partial charge in [0.15, 0.2) is 0 Å². The molecule has 2 aliphatic rings. The second-order valence-corrected chi connectivity index (χ2v) is 6.63. The molecule has 1 fully saturated rings. The molecule has 2 aromatic rings. The molecule has 2 atom stereocenters. The minimum atomic E-state index is -0.373. The first kappa shape index (κ1) is 15.1. The predicted octanol–water partition coefficient (Wildman–Crippen LogP) is 4.52. The summed E-state index contributed by atoms with van der Waals surface area (Å²) in [5.74, 6) is -0.373. The summed E-state index contributed by atoms with van der Waals surface area (Å²) in [5, 5.41) is 9.05. The third-order valence-electron chi connectivity index (χ3n) is 5.21. The van der Waals surface area contributed by atoms with Crippen LogP contribution in [0, 0.1) is 17.1 Å². The average Bonchev–Trinajstić information content (AvgIpc) is 2.84. The smallest absolute Gasteiger partial charge is 0.148 e. The summed E-state index contributed by atoms with van der Waals surface area (Å²) in [7, 11) is 0. The molecule has 2 nitrogen and oxygen atoms in total. The van der Waals surface area contributed by atoms with Gasteiger partial charge >= 0.3 is 0 Å². The standard InChI is InChI=1S/C21H19FN2/c22-21-16(13-23)7-4-8-20(21)17-11-18-9-10-19(12-17)24(18)14-15-5-2-1-3-6-15/h1-8,11,18-19H,9-10,12,14H2. The lowest BCUT2D eigenvalue weighted by molar-refractivity contribution is 0.203. The lowest BCUT2D eigenvalue weighted by atomic mass is 9.93. The molecule has 0 spiro atoms. The summed E-state index contributed by atoms with van der Waals surface area (Å²) < 4.78 is 14.5. The van der Waals surface area contributed by atoms with Crippen LogP contribution in [0.3, 0.4) is 0 Å². The fourth-order valence-electron chi connectivity index (χ4n) is 4.02. The van der Waals surface area contributed by atoms with E-state index in [1.165, 1.54) is 5.56 Å². The van der Waals surface area contributed by atoms with Gasteiger partial charge in [0.1, 0.15) is 11.9 Å². The molecule has 2 heterocycles. The van der Waals surface area contributed by atoms with E-state index in [0.29, 0.717) is 17.6 Å². The van der Waals surface area contributed by atoms with E-state index < -0.39 is 0 Å². The van der Waals surface area contributed by atoms with E-state index >= 15 is 0 Å². The molecule has 2 bridgehead atoms. The highest BCUT2D eigenvalue weighted by Crippen LogP contribution is 2.40. The van der Waals surface area contributed by atoms with Gasteiger partial charge in [0.2, 0.25) is 0 Å². The van der Waals surface area contributed by atoms with Gasteiger partial charge in [-0.3, -0.25) is 4.90 Å². The molecule has 0 aromatic heterocycles. The molecule has 0 saturated carbocycles. The van der Waals surface area contributed by atoms with Crippen molar-refractivity contribution in [1.82, 2.24) is 4.90 Å². The summed E-state index contributed by atoms with van der Waals surface area (Å²) in [4.78, 5) is 2.53. The SMILES string of the molecule is N#Cc1cccc(C2=CC3CCC(C2)N3Cc2ccccc2)c1F. The maximum Gasteiger partial charge on any atom is 0.148 e. The second-order valence-electron chi connectivity index (χ2n) is 6.63. The molecule has 2 aliphatic heterocycles. The van der Waals surface area contributed by atoms with Crippen LogP contribution in [0.4, 0.5) is 4.39 Å². The molecule has 24 heavy (non-hydrogen) atoms. The van der Waals surface area contributed by atoms with Crippen LogP contribution in [-0.4, -0.2) is 17.0 Å². The first-order valence-corrected chi connectivity index (χ1v) is 8.45. The van der Waals surface area contributed by atoms with Crippen molar-refractivity contribution < 1.29 is 4.39 Å². The van der Waals surface area contributed by atoms with Crippen molar-refractivity contribution in [3.63, 3.8) is 0 Å². The topological polar surface area (TPSA) is 27.0 Å². The minimum Gasteiger partial charge on any atom is -0.289 e. The van der Waals surface area contributed by atoms with Gasteiger partial charge in [0, 0.05) is 24.2 Å². The van der Waals surface area contributed by atoms with Crippen LogP contribution in [-0.2, 0) is 6.54 Å². The van der Waals surface area contributed by atoms with Crippen LogP contribution < -0.4 is 0 Å². The molecule has 0 amide bonds. The molecule has 120 valence electrons. The van der Waals surface area contributed by atoms with Crippen molar-refractivity contribution in [2.45, 2.75) is 37.9 Å². The van der Waals surface area contributed by atoms with Gasteiger partial charge in [-0.15, -0.1) is 0 Å². The number of rotatable bonds is 3. The summed E-state index contributed by atoms with van der Waals surface area (Å²) >= 11 is 0. The molecule has 0 aliphatic carbocycles.